The quantitative estimate of drug-likeness (QED) is 0.0204. The van der Waals surface area contributed by atoms with Crippen LogP contribution in [0.2, 0.25) is 0 Å². The third kappa shape index (κ3) is 37.7. The molecule has 0 heterocycles. The van der Waals surface area contributed by atoms with Gasteiger partial charge in [-0.05, 0) is 64.2 Å². The molecule has 0 aromatic heterocycles. The first-order valence-corrected chi connectivity index (χ1v) is 21.8. The van der Waals surface area contributed by atoms with E-state index < -0.39 is 32.5 Å². The monoisotopic (exact) mass is 754 g/mol. The van der Waals surface area contributed by atoms with E-state index in [1.807, 2.05) is 21.1 Å². The van der Waals surface area contributed by atoms with Crippen molar-refractivity contribution in [2.24, 2.45) is 0 Å². The van der Waals surface area contributed by atoms with Gasteiger partial charge in [-0.2, -0.15) is 0 Å². The van der Waals surface area contributed by atoms with Crippen LogP contribution in [0.5, 0.6) is 0 Å². The van der Waals surface area contributed by atoms with Crippen LogP contribution in [0, 0.1) is 0 Å². The average molecular weight is 754 g/mol. The summed E-state index contributed by atoms with van der Waals surface area (Å²) in [5.41, 5.74) is 0. The molecule has 0 spiro atoms. The average Bonchev–Trinajstić information content (AvgIpc) is 3.09. The van der Waals surface area contributed by atoms with Crippen molar-refractivity contribution in [3.05, 3.63) is 48.6 Å². The maximum Gasteiger partial charge on any atom is 0.306 e. The molecule has 0 bridgehead atoms. The lowest BCUT2D eigenvalue weighted by Gasteiger charge is -2.28. The molecule has 0 N–H and O–H groups in total. The summed E-state index contributed by atoms with van der Waals surface area (Å²) in [6.07, 6.45) is 38.4. The zero-order valence-electron chi connectivity index (χ0n) is 33.7. The Labute approximate surface area is 318 Å². The molecule has 1 unspecified atom stereocenters. The third-order valence-corrected chi connectivity index (χ3v) is 9.29. The van der Waals surface area contributed by atoms with Crippen molar-refractivity contribution in [2.45, 2.75) is 161 Å². The molecule has 0 aromatic carbocycles. The van der Waals surface area contributed by atoms with Crippen LogP contribution in [-0.4, -0.2) is 70.0 Å². The highest BCUT2D eigenvalue weighted by molar-refractivity contribution is 7.45. The number of esters is 2. The second-order valence-corrected chi connectivity index (χ2v) is 16.1. The van der Waals surface area contributed by atoms with E-state index in [0.717, 1.165) is 89.9 Å². The lowest BCUT2D eigenvalue weighted by atomic mass is 10.1. The van der Waals surface area contributed by atoms with Gasteiger partial charge in [-0.3, -0.25) is 14.2 Å². The second kappa shape index (κ2) is 34.7. The molecule has 0 amide bonds. The topological polar surface area (TPSA) is 111 Å². The van der Waals surface area contributed by atoms with Crippen molar-refractivity contribution in [3.63, 3.8) is 0 Å². The Kier molecular flexibility index (Phi) is 33.4. The molecular formula is C42H76NO8P. The van der Waals surface area contributed by atoms with Crippen molar-refractivity contribution in [1.82, 2.24) is 0 Å². The number of hydrogen-bond donors (Lipinski definition) is 0. The second-order valence-electron chi connectivity index (χ2n) is 14.6. The van der Waals surface area contributed by atoms with E-state index >= 15 is 0 Å². The van der Waals surface area contributed by atoms with E-state index in [1.54, 1.807) is 0 Å². The number of rotatable bonds is 36. The van der Waals surface area contributed by atoms with Gasteiger partial charge in [0.1, 0.15) is 19.8 Å². The minimum absolute atomic E-state index is 0.0377. The number of phosphoric ester groups is 1. The molecular weight excluding hydrogens is 677 g/mol. The summed E-state index contributed by atoms with van der Waals surface area (Å²) in [7, 11) is 1.14. The number of nitrogens with zero attached hydrogens (tertiary/aromatic N) is 1. The lowest BCUT2D eigenvalue weighted by Crippen LogP contribution is -2.37. The van der Waals surface area contributed by atoms with Crippen LogP contribution in [-0.2, 0) is 32.7 Å². The number of carbonyl (C=O) groups excluding carboxylic acids is 2. The lowest BCUT2D eigenvalue weighted by molar-refractivity contribution is -0.870. The van der Waals surface area contributed by atoms with Crippen LogP contribution in [0.4, 0.5) is 0 Å². The van der Waals surface area contributed by atoms with Gasteiger partial charge in [0, 0.05) is 12.8 Å². The van der Waals surface area contributed by atoms with Crippen LogP contribution in [0.15, 0.2) is 48.6 Å². The SMILES string of the molecule is CCCC/C=C/C/C=C/CCCCCCCC(=O)OC[C@H](COP(=O)([O-])OCC[N+](C)(C)C)OC(=O)CCCCCCC/C=C/C/C=C/CCCC. The van der Waals surface area contributed by atoms with Gasteiger partial charge in [0.15, 0.2) is 6.10 Å². The van der Waals surface area contributed by atoms with E-state index in [1.165, 1.54) is 25.7 Å². The largest absolute Gasteiger partial charge is 0.756 e. The molecule has 302 valence electrons. The maximum atomic E-state index is 12.6. The molecule has 0 aliphatic heterocycles. The molecule has 0 aliphatic carbocycles. The van der Waals surface area contributed by atoms with Crippen molar-refractivity contribution < 1.29 is 42.1 Å². The van der Waals surface area contributed by atoms with Crippen molar-refractivity contribution in [1.29, 1.82) is 0 Å². The Morgan fingerprint density at radius 2 is 1.04 bits per heavy atom. The van der Waals surface area contributed by atoms with E-state index in [0.29, 0.717) is 23.9 Å². The van der Waals surface area contributed by atoms with Crippen LogP contribution in [0.25, 0.3) is 0 Å². The summed E-state index contributed by atoms with van der Waals surface area (Å²) in [5.74, 6) is -0.872. The van der Waals surface area contributed by atoms with Gasteiger partial charge < -0.3 is 27.9 Å². The highest BCUT2D eigenvalue weighted by atomic mass is 31.2. The minimum atomic E-state index is -4.63. The summed E-state index contributed by atoms with van der Waals surface area (Å²) in [6.45, 7) is 4.09. The molecule has 0 saturated carbocycles. The fourth-order valence-corrected chi connectivity index (χ4v) is 5.77. The van der Waals surface area contributed by atoms with Crippen LogP contribution in [0.3, 0.4) is 0 Å². The predicted molar refractivity (Wildman–Crippen MR) is 213 cm³/mol. The van der Waals surface area contributed by atoms with Gasteiger partial charge in [-0.25, -0.2) is 0 Å². The van der Waals surface area contributed by atoms with Gasteiger partial charge in [0.05, 0.1) is 27.7 Å². The first-order chi connectivity index (χ1) is 25.0. The van der Waals surface area contributed by atoms with Gasteiger partial charge in [-0.15, -0.1) is 0 Å². The molecule has 52 heavy (non-hydrogen) atoms. The summed E-state index contributed by atoms with van der Waals surface area (Å²) >= 11 is 0. The molecule has 10 heteroatoms. The van der Waals surface area contributed by atoms with Crippen molar-refractivity contribution >= 4 is 19.8 Å². The van der Waals surface area contributed by atoms with E-state index in [9.17, 15) is 19.0 Å². The Morgan fingerprint density at radius 1 is 0.596 bits per heavy atom. The maximum absolute atomic E-state index is 12.6. The highest BCUT2D eigenvalue weighted by Gasteiger charge is 2.21. The fourth-order valence-electron chi connectivity index (χ4n) is 5.04. The third-order valence-electron chi connectivity index (χ3n) is 8.32. The number of carbonyl (C=O) groups is 2. The number of likely N-dealkylation sites (N-methyl/N-ethyl adjacent to an activating group) is 1. The molecule has 0 aromatic rings. The fraction of sp³-hybridized carbons (Fsp3) is 0.762. The molecule has 0 saturated heterocycles. The molecule has 0 radical (unpaired) electrons. The van der Waals surface area contributed by atoms with Crippen molar-refractivity contribution in [2.75, 3.05) is 47.5 Å². The van der Waals surface area contributed by atoms with Crippen LogP contribution < -0.4 is 4.89 Å². The molecule has 0 fully saturated rings. The number of allylic oxidation sites excluding steroid dienone is 8. The number of ether oxygens (including phenoxy) is 2. The van der Waals surface area contributed by atoms with Gasteiger partial charge in [0.25, 0.3) is 7.82 Å². The summed E-state index contributed by atoms with van der Waals surface area (Å²) in [5, 5.41) is 0. The Balaban J connectivity index is 4.46. The summed E-state index contributed by atoms with van der Waals surface area (Å²) in [4.78, 5) is 37.4. The molecule has 9 nitrogen and oxygen atoms in total. The summed E-state index contributed by atoms with van der Waals surface area (Å²) in [6, 6.07) is 0. The standard InChI is InChI=1S/C42H76NO8P/c1-6-8-10-12-14-16-18-20-22-24-26-28-30-32-34-41(44)48-38-40(39-50-52(46,47)49-37-36-43(3,4)5)51-42(45)35-33-31-29-27-25-23-21-19-17-15-13-11-9-7-2/h12-15,18-21,40H,6-11,16-17,22-39H2,1-5H3/b14-12+,15-13+,20-18+,21-19+/t40-/m1/s1. The Bertz CT molecular complexity index is 1030. The minimum Gasteiger partial charge on any atom is -0.756 e. The van der Waals surface area contributed by atoms with E-state index in [2.05, 4.69) is 62.5 Å². The number of phosphoric acid groups is 1. The van der Waals surface area contributed by atoms with E-state index in [-0.39, 0.29) is 26.1 Å². The smallest absolute Gasteiger partial charge is 0.306 e. The van der Waals surface area contributed by atoms with Gasteiger partial charge >= 0.3 is 11.9 Å². The zero-order chi connectivity index (χ0) is 38.6. The molecule has 0 aliphatic rings. The Hall–Kier alpha value is -2.03. The van der Waals surface area contributed by atoms with Crippen molar-refractivity contribution in [3.8, 4) is 0 Å². The molecule has 0 rings (SSSR count). The van der Waals surface area contributed by atoms with Gasteiger partial charge in [0.2, 0.25) is 0 Å². The Morgan fingerprint density at radius 3 is 1.52 bits per heavy atom. The summed E-state index contributed by atoms with van der Waals surface area (Å²) < 4.78 is 33.8. The highest BCUT2D eigenvalue weighted by Crippen LogP contribution is 2.38. The normalized spacial score (nSPS) is 14.2. The van der Waals surface area contributed by atoms with Crippen LogP contribution in [0.1, 0.15) is 155 Å². The van der Waals surface area contributed by atoms with E-state index in [4.69, 9.17) is 18.5 Å². The van der Waals surface area contributed by atoms with Crippen LogP contribution >= 0.6 is 7.82 Å². The first kappa shape index (κ1) is 50.0. The van der Waals surface area contributed by atoms with Gasteiger partial charge in [-0.1, -0.05) is 127 Å². The predicted octanol–water partition coefficient (Wildman–Crippen LogP) is 10.5. The number of hydrogen-bond acceptors (Lipinski definition) is 8. The first-order valence-electron chi connectivity index (χ1n) is 20.3. The molecule has 2 atom stereocenters. The number of quaternary nitrogens is 1. The number of unbranched alkanes of at least 4 members (excludes halogenated alkanes) is 14. The zero-order valence-corrected chi connectivity index (χ0v) is 34.6.